The van der Waals surface area contributed by atoms with Crippen molar-refractivity contribution in [3.05, 3.63) is 35.9 Å². The van der Waals surface area contributed by atoms with Crippen molar-refractivity contribution in [2.45, 2.75) is 44.1 Å². The van der Waals surface area contributed by atoms with Gasteiger partial charge in [-0.1, -0.05) is 43.2 Å². The van der Waals surface area contributed by atoms with Crippen LogP contribution in [0.1, 0.15) is 43.6 Å². The molecule has 1 aromatic rings. The summed E-state index contributed by atoms with van der Waals surface area (Å²) in [6.07, 6.45) is 6.20. The Morgan fingerprint density at radius 1 is 1.15 bits per heavy atom. The van der Waals surface area contributed by atoms with Crippen molar-refractivity contribution in [2.75, 3.05) is 13.1 Å². The topological polar surface area (TPSA) is 53.6 Å². The molecule has 0 spiro atoms. The first-order chi connectivity index (χ1) is 9.86. The number of likely N-dealkylation sites (tertiary alicyclic amines) is 1. The van der Waals surface area contributed by atoms with Crippen LogP contribution in [0.2, 0.25) is 0 Å². The molecule has 1 aliphatic carbocycles. The van der Waals surface area contributed by atoms with Gasteiger partial charge in [-0.25, -0.2) is 10.8 Å². The molecular weight excluding hydrogens is 248 g/mol. The number of nitrogens with two attached hydrogens (primary N) is 1. The van der Waals surface area contributed by atoms with Gasteiger partial charge in [0.15, 0.2) is 0 Å². The number of guanidine groups is 1. The highest BCUT2D eigenvalue weighted by molar-refractivity contribution is 5.80. The lowest BCUT2D eigenvalue weighted by Gasteiger charge is -2.21. The molecule has 4 nitrogen and oxygen atoms in total. The van der Waals surface area contributed by atoms with Crippen LogP contribution >= 0.6 is 0 Å². The third-order valence-electron chi connectivity index (χ3n) is 4.52. The van der Waals surface area contributed by atoms with Gasteiger partial charge >= 0.3 is 0 Å². The van der Waals surface area contributed by atoms with Crippen molar-refractivity contribution >= 4 is 5.96 Å². The summed E-state index contributed by atoms with van der Waals surface area (Å²) in [5.41, 5.74) is 4.24. The molecular formula is C16H24N4. The first-order valence-electron chi connectivity index (χ1n) is 7.71. The SMILES string of the molecule is NNC(=NC1CCCC1)N1CCC(c2ccccc2)C1. The number of hydrogen-bond acceptors (Lipinski definition) is 2. The minimum absolute atomic E-state index is 0.469. The van der Waals surface area contributed by atoms with Crippen LogP contribution in [0.15, 0.2) is 35.3 Å². The van der Waals surface area contributed by atoms with Crippen LogP contribution in [0, 0.1) is 0 Å². The molecule has 0 bridgehead atoms. The molecule has 108 valence electrons. The second-order valence-corrected chi connectivity index (χ2v) is 5.88. The second-order valence-electron chi connectivity index (χ2n) is 5.88. The summed E-state index contributed by atoms with van der Waals surface area (Å²) in [6, 6.07) is 11.2. The fourth-order valence-electron chi connectivity index (χ4n) is 3.37. The molecule has 20 heavy (non-hydrogen) atoms. The maximum atomic E-state index is 5.69. The number of hydrogen-bond donors (Lipinski definition) is 2. The Balaban J connectivity index is 1.66. The average Bonchev–Trinajstić information content (AvgIpc) is 3.17. The van der Waals surface area contributed by atoms with Gasteiger partial charge in [-0.3, -0.25) is 5.43 Å². The largest absolute Gasteiger partial charge is 0.341 e. The first kappa shape index (κ1) is 13.4. The summed E-state index contributed by atoms with van der Waals surface area (Å²) in [4.78, 5) is 7.11. The number of nitrogens with one attached hydrogen (secondary N) is 1. The quantitative estimate of drug-likeness (QED) is 0.376. The number of nitrogens with zero attached hydrogens (tertiary/aromatic N) is 2. The van der Waals surface area contributed by atoms with Crippen LogP contribution in [0.25, 0.3) is 0 Å². The van der Waals surface area contributed by atoms with Gasteiger partial charge in [-0.15, -0.1) is 0 Å². The Morgan fingerprint density at radius 3 is 2.60 bits per heavy atom. The van der Waals surface area contributed by atoms with E-state index in [1.54, 1.807) is 0 Å². The smallest absolute Gasteiger partial charge is 0.208 e. The monoisotopic (exact) mass is 272 g/mol. The summed E-state index contributed by atoms with van der Waals surface area (Å²) < 4.78 is 0. The minimum atomic E-state index is 0.469. The molecule has 1 atom stereocenters. The van der Waals surface area contributed by atoms with E-state index in [4.69, 9.17) is 10.8 Å². The first-order valence-corrected chi connectivity index (χ1v) is 7.71. The van der Waals surface area contributed by atoms with Crippen molar-refractivity contribution < 1.29 is 0 Å². The van der Waals surface area contributed by atoms with E-state index in [1.165, 1.54) is 37.7 Å². The standard InChI is InChI=1S/C16H24N4/c17-19-16(18-15-8-4-5-9-15)20-11-10-14(12-20)13-6-2-1-3-7-13/h1-3,6-7,14-15H,4-5,8-12,17H2,(H,18,19). The third kappa shape index (κ3) is 2.96. The van der Waals surface area contributed by atoms with Crippen molar-refractivity contribution in [1.82, 2.24) is 10.3 Å². The molecule has 0 amide bonds. The van der Waals surface area contributed by atoms with Gasteiger partial charge in [0.2, 0.25) is 5.96 Å². The van der Waals surface area contributed by atoms with E-state index in [1.807, 2.05) is 0 Å². The zero-order valence-electron chi connectivity index (χ0n) is 12.0. The Labute approximate surface area is 121 Å². The number of aliphatic imine (C=N–C) groups is 1. The molecule has 1 aliphatic heterocycles. The van der Waals surface area contributed by atoms with Crippen LogP contribution in [0.5, 0.6) is 0 Å². The molecule has 2 fully saturated rings. The molecule has 1 aromatic carbocycles. The van der Waals surface area contributed by atoms with E-state index < -0.39 is 0 Å². The van der Waals surface area contributed by atoms with Gasteiger partial charge in [0.05, 0.1) is 6.04 Å². The molecule has 1 heterocycles. The highest BCUT2D eigenvalue weighted by Gasteiger charge is 2.26. The zero-order valence-corrected chi connectivity index (χ0v) is 12.0. The van der Waals surface area contributed by atoms with Crippen molar-refractivity contribution in [1.29, 1.82) is 0 Å². The Hall–Kier alpha value is -1.55. The molecule has 1 saturated heterocycles. The summed E-state index contributed by atoms with van der Waals surface area (Å²) in [5.74, 6) is 7.17. The van der Waals surface area contributed by atoms with Crippen LogP contribution < -0.4 is 11.3 Å². The molecule has 1 saturated carbocycles. The fraction of sp³-hybridized carbons (Fsp3) is 0.562. The Bertz CT molecular complexity index is 451. The van der Waals surface area contributed by atoms with Crippen molar-refractivity contribution in [3.63, 3.8) is 0 Å². The van der Waals surface area contributed by atoms with Gasteiger partial charge in [0, 0.05) is 19.0 Å². The van der Waals surface area contributed by atoms with Crippen molar-refractivity contribution in [3.8, 4) is 0 Å². The summed E-state index contributed by atoms with van der Waals surface area (Å²) >= 11 is 0. The predicted molar refractivity (Wildman–Crippen MR) is 82.4 cm³/mol. The zero-order chi connectivity index (χ0) is 13.8. The predicted octanol–water partition coefficient (Wildman–Crippen LogP) is 2.24. The highest BCUT2D eigenvalue weighted by Crippen LogP contribution is 2.27. The molecule has 3 rings (SSSR count). The minimum Gasteiger partial charge on any atom is -0.341 e. The van der Waals surface area contributed by atoms with E-state index in [9.17, 15) is 0 Å². The summed E-state index contributed by atoms with van der Waals surface area (Å²) in [6.45, 7) is 2.05. The third-order valence-corrected chi connectivity index (χ3v) is 4.52. The lowest BCUT2D eigenvalue weighted by Crippen LogP contribution is -2.44. The van der Waals surface area contributed by atoms with Gasteiger partial charge in [-0.05, 0) is 24.8 Å². The average molecular weight is 272 g/mol. The molecule has 0 radical (unpaired) electrons. The molecule has 4 heteroatoms. The van der Waals surface area contributed by atoms with Crippen LogP contribution in [0.4, 0.5) is 0 Å². The lowest BCUT2D eigenvalue weighted by atomic mass is 9.99. The van der Waals surface area contributed by atoms with Gasteiger partial charge in [0.25, 0.3) is 0 Å². The van der Waals surface area contributed by atoms with E-state index in [0.717, 1.165) is 19.0 Å². The number of benzene rings is 1. The molecule has 3 N–H and O–H groups in total. The Kier molecular flexibility index (Phi) is 4.21. The maximum Gasteiger partial charge on any atom is 0.208 e. The van der Waals surface area contributed by atoms with Crippen molar-refractivity contribution in [2.24, 2.45) is 10.8 Å². The van der Waals surface area contributed by atoms with Gasteiger partial charge in [0.1, 0.15) is 0 Å². The number of rotatable bonds is 2. The van der Waals surface area contributed by atoms with Gasteiger partial charge in [-0.2, -0.15) is 0 Å². The fourth-order valence-corrected chi connectivity index (χ4v) is 3.37. The second kappa shape index (κ2) is 6.27. The summed E-state index contributed by atoms with van der Waals surface area (Å²) in [5, 5.41) is 0. The highest BCUT2D eigenvalue weighted by atomic mass is 15.4. The number of hydrazine groups is 1. The maximum absolute atomic E-state index is 5.69. The molecule has 0 aromatic heterocycles. The molecule has 1 unspecified atom stereocenters. The van der Waals surface area contributed by atoms with Crippen LogP contribution in [-0.4, -0.2) is 30.0 Å². The van der Waals surface area contributed by atoms with Gasteiger partial charge < -0.3 is 4.90 Å². The normalized spacial score (nSPS) is 24.4. The van der Waals surface area contributed by atoms with E-state index >= 15 is 0 Å². The van der Waals surface area contributed by atoms with E-state index in [-0.39, 0.29) is 0 Å². The van der Waals surface area contributed by atoms with E-state index in [0.29, 0.717) is 12.0 Å². The lowest BCUT2D eigenvalue weighted by molar-refractivity contribution is 0.480. The van der Waals surface area contributed by atoms with E-state index in [2.05, 4.69) is 40.7 Å². The summed E-state index contributed by atoms with van der Waals surface area (Å²) in [7, 11) is 0. The molecule has 2 aliphatic rings. The Morgan fingerprint density at radius 2 is 1.90 bits per heavy atom. The van der Waals surface area contributed by atoms with Crippen LogP contribution in [-0.2, 0) is 0 Å². The van der Waals surface area contributed by atoms with Crippen LogP contribution in [0.3, 0.4) is 0 Å².